The molecular weight excluding hydrogens is 338 g/mol. The van der Waals surface area contributed by atoms with E-state index in [2.05, 4.69) is 56.2 Å². The highest BCUT2D eigenvalue weighted by atomic mass is 16.2. The van der Waals surface area contributed by atoms with Crippen LogP contribution in [0.2, 0.25) is 0 Å². The number of aryl methyl sites for hydroxylation is 2. The van der Waals surface area contributed by atoms with Gasteiger partial charge in [0.1, 0.15) is 0 Å². The number of piperazine rings is 1. The van der Waals surface area contributed by atoms with Gasteiger partial charge in [0.05, 0.1) is 11.4 Å². The van der Waals surface area contributed by atoms with Crippen LogP contribution in [0.4, 0.5) is 0 Å². The van der Waals surface area contributed by atoms with Gasteiger partial charge in [-0.3, -0.25) is 4.79 Å². The van der Waals surface area contributed by atoms with Crippen molar-refractivity contribution in [1.82, 2.24) is 24.9 Å². The van der Waals surface area contributed by atoms with E-state index in [1.165, 1.54) is 16.8 Å². The number of nitrogens with zero attached hydrogens (tertiary/aromatic N) is 4. The number of nitrogens with one attached hydrogen (secondary N) is 1. The van der Waals surface area contributed by atoms with Crippen LogP contribution in [0.15, 0.2) is 24.3 Å². The standard InChI is InChI=1S/C21H31N5O/c1-16-7-5-6-8-20(16)26-18(3)19(17(2)23-26)15-24(4)12-9-21(27)25-13-10-22-11-14-25/h5-8,22H,9-15H2,1-4H3. The molecule has 27 heavy (non-hydrogen) atoms. The fourth-order valence-corrected chi connectivity index (χ4v) is 3.65. The molecule has 1 saturated heterocycles. The van der Waals surface area contributed by atoms with Crippen LogP contribution < -0.4 is 5.32 Å². The molecule has 1 aliphatic heterocycles. The third kappa shape index (κ3) is 4.57. The maximum Gasteiger partial charge on any atom is 0.223 e. The highest BCUT2D eigenvalue weighted by Gasteiger charge is 2.18. The fraction of sp³-hybridized carbons (Fsp3) is 0.524. The minimum absolute atomic E-state index is 0.257. The van der Waals surface area contributed by atoms with Gasteiger partial charge in [-0.2, -0.15) is 5.10 Å². The minimum atomic E-state index is 0.257. The van der Waals surface area contributed by atoms with Gasteiger partial charge in [-0.05, 0) is 39.4 Å². The van der Waals surface area contributed by atoms with Crippen molar-refractivity contribution in [3.8, 4) is 5.69 Å². The molecular formula is C21H31N5O. The van der Waals surface area contributed by atoms with E-state index >= 15 is 0 Å². The summed E-state index contributed by atoms with van der Waals surface area (Å²) in [4.78, 5) is 16.6. The molecule has 1 N–H and O–H groups in total. The molecule has 1 aromatic carbocycles. The summed E-state index contributed by atoms with van der Waals surface area (Å²) < 4.78 is 2.04. The van der Waals surface area contributed by atoms with Crippen LogP contribution in [0.1, 0.15) is 28.9 Å². The number of hydrogen-bond donors (Lipinski definition) is 1. The van der Waals surface area contributed by atoms with Gasteiger partial charge >= 0.3 is 0 Å². The van der Waals surface area contributed by atoms with Crippen molar-refractivity contribution in [3.63, 3.8) is 0 Å². The highest BCUT2D eigenvalue weighted by molar-refractivity contribution is 5.76. The number of para-hydroxylation sites is 1. The van der Waals surface area contributed by atoms with Gasteiger partial charge in [-0.25, -0.2) is 4.68 Å². The average molecular weight is 370 g/mol. The normalized spacial score (nSPS) is 14.8. The lowest BCUT2D eigenvalue weighted by atomic mass is 10.1. The quantitative estimate of drug-likeness (QED) is 0.847. The van der Waals surface area contributed by atoms with Gasteiger partial charge in [0, 0.05) is 56.9 Å². The Morgan fingerprint density at radius 2 is 1.89 bits per heavy atom. The monoisotopic (exact) mass is 369 g/mol. The summed E-state index contributed by atoms with van der Waals surface area (Å²) in [5, 5.41) is 8.06. The zero-order chi connectivity index (χ0) is 19.4. The molecule has 1 aliphatic rings. The van der Waals surface area contributed by atoms with Crippen molar-refractivity contribution in [3.05, 3.63) is 46.8 Å². The van der Waals surface area contributed by atoms with E-state index in [-0.39, 0.29) is 5.91 Å². The number of benzene rings is 1. The van der Waals surface area contributed by atoms with E-state index in [1.54, 1.807) is 0 Å². The van der Waals surface area contributed by atoms with E-state index in [0.717, 1.165) is 50.6 Å². The molecule has 3 rings (SSSR count). The third-order valence-electron chi connectivity index (χ3n) is 5.39. The molecule has 0 spiro atoms. The van der Waals surface area contributed by atoms with Crippen LogP contribution in [0.25, 0.3) is 5.69 Å². The second kappa shape index (κ2) is 8.67. The van der Waals surface area contributed by atoms with Crippen LogP contribution in [0, 0.1) is 20.8 Å². The summed E-state index contributed by atoms with van der Waals surface area (Å²) in [5.41, 5.74) is 5.80. The molecule has 6 heteroatoms. The van der Waals surface area contributed by atoms with Crippen LogP contribution in [0.5, 0.6) is 0 Å². The second-order valence-corrected chi connectivity index (χ2v) is 7.47. The summed E-state index contributed by atoms with van der Waals surface area (Å²) in [6.07, 6.45) is 0.570. The lowest BCUT2D eigenvalue weighted by Crippen LogP contribution is -2.47. The predicted molar refractivity (Wildman–Crippen MR) is 108 cm³/mol. The Kier molecular flexibility index (Phi) is 6.29. The van der Waals surface area contributed by atoms with Crippen molar-refractivity contribution >= 4 is 5.91 Å². The smallest absolute Gasteiger partial charge is 0.223 e. The molecule has 0 radical (unpaired) electrons. The van der Waals surface area contributed by atoms with Crippen molar-refractivity contribution < 1.29 is 4.79 Å². The Balaban J connectivity index is 1.63. The highest BCUT2D eigenvalue weighted by Crippen LogP contribution is 2.21. The van der Waals surface area contributed by atoms with E-state index in [0.29, 0.717) is 6.42 Å². The lowest BCUT2D eigenvalue weighted by Gasteiger charge is -2.28. The number of hydrogen-bond acceptors (Lipinski definition) is 4. The summed E-state index contributed by atoms with van der Waals surface area (Å²) in [5.74, 6) is 0.257. The zero-order valence-electron chi connectivity index (χ0n) is 17.0. The molecule has 2 heterocycles. The Hall–Kier alpha value is -2.18. The Morgan fingerprint density at radius 1 is 1.19 bits per heavy atom. The molecule has 0 saturated carbocycles. The van der Waals surface area contributed by atoms with Crippen LogP contribution in [-0.4, -0.2) is 65.3 Å². The topological polar surface area (TPSA) is 53.4 Å². The molecule has 0 aliphatic carbocycles. The maximum absolute atomic E-state index is 12.4. The molecule has 1 fully saturated rings. The zero-order valence-corrected chi connectivity index (χ0v) is 17.0. The molecule has 0 atom stereocenters. The van der Waals surface area contributed by atoms with E-state index < -0.39 is 0 Å². The van der Waals surface area contributed by atoms with Gasteiger partial charge < -0.3 is 15.1 Å². The second-order valence-electron chi connectivity index (χ2n) is 7.47. The van der Waals surface area contributed by atoms with E-state index in [9.17, 15) is 4.79 Å². The molecule has 0 unspecified atom stereocenters. The van der Waals surface area contributed by atoms with E-state index in [1.807, 2.05) is 15.6 Å². The molecule has 1 amide bonds. The molecule has 6 nitrogen and oxygen atoms in total. The molecule has 0 bridgehead atoms. The van der Waals surface area contributed by atoms with Crippen LogP contribution in [0.3, 0.4) is 0 Å². The number of aromatic nitrogens is 2. The first-order valence-electron chi connectivity index (χ1n) is 9.75. The first kappa shape index (κ1) is 19.6. The molecule has 2 aromatic rings. The van der Waals surface area contributed by atoms with Crippen molar-refractivity contribution in [2.24, 2.45) is 0 Å². The van der Waals surface area contributed by atoms with Crippen molar-refractivity contribution in [2.75, 3.05) is 39.8 Å². The Labute approximate surface area is 162 Å². The fourth-order valence-electron chi connectivity index (χ4n) is 3.65. The predicted octanol–water partition coefficient (Wildman–Crippen LogP) is 2.05. The number of amides is 1. The first-order valence-corrected chi connectivity index (χ1v) is 9.75. The average Bonchev–Trinajstić information content (AvgIpc) is 2.95. The van der Waals surface area contributed by atoms with Gasteiger partial charge in [0.15, 0.2) is 0 Å². The first-order chi connectivity index (χ1) is 13.0. The summed E-state index contributed by atoms with van der Waals surface area (Å²) in [6.45, 7) is 11.3. The third-order valence-corrected chi connectivity index (χ3v) is 5.39. The summed E-state index contributed by atoms with van der Waals surface area (Å²) in [6, 6.07) is 8.31. The van der Waals surface area contributed by atoms with Crippen molar-refractivity contribution in [2.45, 2.75) is 33.7 Å². The summed E-state index contributed by atoms with van der Waals surface area (Å²) >= 11 is 0. The Bertz CT molecular complexity index is 792. The van der Waals surface area contributed by atoms with Gasteiger partial charge in [-0.15, -0.1) is 0 Å². The Morgan fingerprint density at radius 3 is 2.59 bits per heavy atom. The SMILES string of the molecule is Cc1ccccc1-n1nc(C)c(CN(C)CCC(=O)N2CCNCC2)c1C. The van der Waals surface area contributed by atoms with Crippen LogP contribution >= 0.6 is 0 Å². The van der Waals surface area contributed by atoms with E-state index in [4.69, 9.17) is 5.10 Å². The van der Waals surface area contributed by atoms with Gasteiger partial charge in [0.2, 0.25) is 5.91 Å². The lowest BCUT2D eigenvalue weighted by molar-refractivity contribution is -0.132. The van der Waals surface area contributed by atoms with Crippen molar-refractivity contribution in [1.29, 1.82) is 0 Å². The van der Waals surface area contributed by atoms with Crippen LogP contribution in [-0.2, 0) is 11.3 Å². The summed E-state index contributed by atoms with van der Waals surface area (Å²) in [7, 11) is 2.08. The van der Waals surface area contributed by atoms with Gasteiger partial charge in [-0.1, -0.05) is 18.2 Å². The molecule has 146 valence electrons. The number of carbonyl (C=O) groups excluding carboxylic acids is 1. The van der Waals surface area contributed by atoms with Gasteiger partial charge in [0.25, 0.3) is 0 Å². The maximum atomic E-state index is 12.4. The number of carbonyl (C=O) groups is 1. The minimum Gasteiger partial charge on any atom is -0.340 e. The number of rotatable bonds is 6. The molecule has 1 aromatic heterocycles. The largest absolute Gasteiger partial charge is 0.340 e.